The van der Waals surface area contributed by atoms with Gasteiger partial charge in [-0.3, -0.25) is 4.79 Å². The minimum Gasteiger partial charge on any atom is -0.496 e. The van der Waals surface area contributed by atoms with E-state index in [1.54, 1.807) is 6.92 Å². The first-order valence-electron chi connectivity index (χ1n) is 11.5. The van der Waals surface area contributed by atoms with Crippen molar-refractivity contribution in [1.82, 2.24) is 19.6 Å². The van der Waals surface area contributed by atoms with E-state index >= 15 is 4.39 Å². The van der Waals surface area contributed by atoms with E-state index in [-0.39, 0.29) is 63.8 Å². The lowest BCUT2D eigenvalue weighted by Crippen LogP contribution is -2.20. The predicted molar refractivity (Wildman–Crippen MR) is 131 cm³/mol. The summed E-state index contributed by atoms with van der Waals surface area (Å²) in [7, 11) is 1.27. The SMILES string of the molecule is CCOc1cc(Cc2cc(F)cc(C(N)=O)c2OC)cc(F)c1-c1nc(C(C)C(F)(F)F)n2ncnc(N)c12. The molecule has 1 atom stereocenters. The smallest absolute Gasteiger partial charge is 0.398 e. The van der Waals surface area contributed by atoms with E-state index in [1.807, 2.05) is 0 Å². The zero-order valence-corrected chi connectivity index (χ0v) is 20.9. The van der Waals surface area contributed by atoms with Crippen molar-refractivity contribution in [2.24, 2.45) is 5.73 Å². The number of ether oxygens (including phenoxy) is 2. The van der Waals surface area contributed by atoms with Gasteiger partial charge < -0.3 is 20.9 Å². The maximum atomic E-state index is 15.8. The van der Waals surface area contributed by atoms with Crippen LogP contribution in [0.3, 0.4) is 0 Å². The fraction of sp³-hybridized carbons (Fsp3) is 0.280. The van der Waals surface area contributed by atoms with Gasteiger partial charge in [-0.05, 0) is 43.7 Å². The van der Waals surface area contributed by atoms with Gasteiger partial charge in [-0.25, -0.2) is 23.3 Å². The minimum atomic E-state index is -4.67. The molecule has 9 nitrogen and oxygen atoms in total. The van der Waals surface area contributed by atoms with Gasteiger partial charge in [-0.1, -0.05) is 0 Å². The van der Waals surface area contributed by atoms with Gasteiger partial charge in [0.25, 0.3) is 5.91 Å². The molecule has 2 heterocycles. The Morgan fingerprint density at radius 3 is 2.51 bits per heavy atom. The molecule has 14 heteroatoms. The van der Waals surface area contributed by atoms with Gasteiger partial charge in [-0.2, -0.15) is 18.3 Å². The van der Waals surface area contributed by atoms with Crippen molar-refractivity contribution in [1.29, 1.82) is 0 Å². The number of imidazole rings is 1. The van der Waals surface area contributed by atoms with Crippen LogP contribution in [-0.2, 0) is 6.42 Å². The number of alkyl halides is 3. The third-order valence-corrected chi connectivity index (χ3v) is 6.01. The van der Waals surface area contributed by atoms with Gasteiger partial charge in [0.15, 0.2) is 5.82 Å². The number of primary amides is 1. The summed E-state index contributed by atoms with van der Waals surface area (Å²) in [6.45, 7) is 2.59. The number of aromatic nitrogens is 4. The summed E-state index contributed by atoms with van der Waals surface area (Å²) in [5.74, 6) is -5.43. The van der Waals surface area contributed by atoms with Gasteiger partial charge in [0.2, 0.25) is 0 Å². The van der Waals surface area contributed by atoms with E-state index in [4.69, 9.17) is 20.9 Å². The maximum Gasteiger partial charge on any atom is 0.398 e. The van der Waals surface area contributed by atoms with Crippen LogP contribution in [0.1, 0.15) is 47.1 Å². The average Bonchev–Trinajstić information content (AvgIpc) is 3.23. The molecule has 2 aromatic carbocycles. The third-order valence-electron chi connectivity index (χ3n) is 6.01. The van der Waals surface area contributed by atoms with E-state index in [0.29, 0.717) is 0 Å². The number of rotatable bonds is 8. The fourth-order valence-electron chi connectivity index (χ4n) is 4.24. The number of carbonyl (C=O) groups excluding carboxylic acids is 1. The van der Waals surface area contributed by atoms with E-state index in [2.05, 4.69) is 15.1 Å². The number of hydrogen-bond donors (Lipinski definition) is 2. The van der Waals surface area contributed by atoms with Crippen molar-refractivity contribution in [3.63, 3.8) is 0 Å². The number of fused-ring (bicyclic) bond motifs is 1. The molecular formula is C25H23F5N6O3. The monoisotopic (exact) mass is 550 g/mol. The Hall–Kier alpha value is -4.49. The number of amides is 1. The summed E-state index contributed by atoms with van der Waals surface area (Å²) in [4.78, 5) is 19.7. The molecule has 0 spiro atoms. The van der Waals surface area contributed by atoms with Crippen molar-refractivity contribution in [3.8, 4) is 22.8 Å². The summed E-state index contributed by atoms with van der Waals surface area (Å²) < 4.78 is 82.6. The predicted octanol–water partition coefficient (Wildman–Crippen LogP) is 4.41. The van der Waals surface area contributed by atoms with Gasteiger partial charge in [0, 0.05) is 12.0 Å². The highest BCUT2D eigenvalue weighted by atomic mass is 19.4. The van der Waals surface area contributed by atoms with Crippen LogP contribution in [0.25, 0.3) is 16.8 Å². The number of carbonyl (C=O) groups is 1. The molecule has 0 aliphatic rings. The molecule has 4 N–H and O–H groups in total. The molecule has 0 bridgehead atoms. The Bertz CT molecular complexity index is 1570. The topological polar surface area (TPSA) is 131 Å². The average molecular weight is 550 g/mol. The summed E-state index contributed by atoms with van der Waals surface area (Å²) in [6.07, 6.45) is -3.81. The van der Waals surface area contributed by atoms with Crippen LogP contribution in [0.5, 0.6) is 11.5 Å². The number of halogens is 5. The number of hydrogen-bond acceptors (Lipinski definition) is 7. The van der Waals surface area contributed by atoms with Crippen LogP contribution in [0.15, 0.2) is 30.6 Å². The molecule has 0 radical (unpaired) electrons. The van der Waals surface area contributed by atoms with E-state index in [0.717, 1.165) is 36.0 Å². The van der Waals surface area contributed by atoms with Gasteiger partial charge in [0.05, 0.1) is 24.8 Å². The molecular weight excluding hydrogens is 527 g/mol. The lowest BCUT2D eigenvalue weighted by Gasteiger charge is -2.15. The molecule has 0 aliphatic heterocycles. The van der Waals surface area contributed by atoms with Crippen LogP contribution in [-0.4, -0.2) is 45.4 Å². The Labute approximate surface area is 218 Å². The maximum absolute atomic E-state index is 15.8. The normalized spacial score (nSPS) is 12.5. The second kappa shape index (κ2) is 10.3. The van der Waals surface area contributed by atoms with Crippen molar-refractivity contribution >= 4 is 17.2 Å². The highest BCUT2D eigenvalue weighted by Crippen LogP contribution is 2.41. The van der Waals surface area contributed by atoms with Gasteiger partial charge in [-0.15, -0.1) is 0 Å². The Morgan fingerprint density at radius 2 is 1.90 bits per heavy atom. The van der Waals surface area contributed by atoms with Crippen LogP contribution in [0.4, 0.5) is 27.8 Å². The first-order valence-corrected chi connectivity index (χ1v) is 11.5. The minimum absolute atomic E-state index is 0.0159. The number of nitrogens with zero attached hydrogens (tertiary/aromatic N) is 4. The Morgan fingerprint density at radius 1 is 1.18 bits per heavy atom. The van der Waals surface area contributed by atoms with E-state index < -0.39 is 35.5 Å². The summed E-state index contributed by atoms with van der Waals surface area (Å²) in [5, 5.41) is 3.86. The molecule has 0 aliphatic carbocycles. The van der Waals surface area contributed by atoms with Crippen molar-refractivity contribution < 1.29 is 36.2 Å². The number of benzene rings is 2. The highest BCUT2D eigenvalue weighted by molar-refractivity contribution is 5.96. The van der Waals surface area contributed by atoms with Crippen LogP contribution < -0.4 is 20.9 Å². The molecule has 0 fully saturated rings. The standard InChI is InChI=1S/C25H23F5N6O3/c1-4-39-17-7-12(5-13-8-14(26)9-15(23(32)37)21(13)38-3)6-16(27)18(17)19-20-22(31)33-10-34-36(20)24(35-19)11(2)25(28,29)30/h6-11H,4-5H2,1-3H3,(H2,32,37)(H2,31,33,34). The number of nitrogens with two attached hydrogens (primary N) is 2. The largest absolute Gasteiger partial charge is 0.496 e. The highest BCUT2D eigenvalue weighted by Gasteiger charge is 2.41. The summed E-state index contributed by atoms with van der Waals surface area (Å²) >= 11 is 0. The zero-order chi connectivity index (χ0) is 28.6. The Kier molecular flexibility index (Phi) is 7.31. The van der Waals surface area contributed by atoms with Crippen LogP contribution in [0.2, 0.25) is 0 Å². The van der Waals surface area contributed by atoms with Crippen molar-refractivity contribution in [2.75, 3.05) is 19.5 Å². The summed E-state index contributed by atoms with van der Waals surface area (Å²) in [6, 6.07) is 4.55. The van der Waals surface area contributed by atoms with Crippen molar-refractivity contribution in [2.45, 2.75) is 32.4 Å². The molecule has 1 amide bonds. The number of nitrogen functional groups attached to an aromatic ring is 1. The van der Waals surface area contributed by atoms with Crippen LogP contribution in [0, 0.1) is 11.6 Å². The number of anilines is 1. The fourth-order valence-corrected chi connectivity index (χ4v) is 4.24. The van der Waals surface area contributed by atoms with Gasteiger partial charge >= 0.3 is 6.18 Å². The number of methoxy groups -OCH3 is 1. The second-order valence-corrected chi connectivity index (χ2v) is 8.56. The van der Waals surface area contributed by atoms with E-state index in [1.165, 1.54) is 13.2 Å². The third kappa shape index (κ3) is 5.13. The first-order chi connectivity index (χ1) is 18.4. The molecule has 4 rings (SSSR count). The van der Waals surface area contributed by atoms with E-state index in [9.17, 15) is 22.4 Å². The molecule has 0 saturated heterocycles. The van der Waals surface area contributed by atoms with Gasteiger partial charge in [0.1, 0.15) is 52.4 Å². The summed E-state index contributed by atoms with van der Waals surface area (Å²) in [5.41, 5.74) is 10.9. The molecule has 2 aromatic heterocycles. The lowest BCUT2D eigenvalue weighted by atomic mass is 9.98. The van der Waals surface area contributed by atoms with Crippen molar-refractivity contribution in [3.05, 3.63) is 64.7 Å². The lowest BCUT2D eigenvalue weighted by molar-refractivity contribution is -0.148. The van der Waals surface area contributed by atoms with Crippen LogP contribution >= 0.6 is 0 Å². The molecule has 4 aromatic rings. The first kappa shape index (κ1) is 27.5. The zero-order valence-electron chi connectivity index (χ0n) is 20.9. The molecule has 39 heavy (non-hydrogen) atoms. The quantitative estimate of drug-likeness (QED) is 0.311. The molecule has 0 saturated carbocycles. The molecule has 1 unspecified atom stereocenters. The second-order valence-electron chi connectivity index (χ2n) is 8.56. The molecule has 206 valence electrons. The Balaban J connectivity index is 1.91.